The van der Waals surface area contributed by atoms with Crippen molar-refractivity contribution in [3.63, 3.8) is 0 Å². The Morgan fingerprint density at radius 1 is 1.20 bits per heavy atom. The van der Waals surface area contributed by atoms with Crippen molar-refractivity contribution in [1.29, 1.82) is 0 Å². The number of alkyl carbamates (subject to hydrolysis) is 1. The number of hydrogen-bond acceptors (Lipinski definition) is 4. The van der Waals surface area contributed by atoms with E-state index in [2.05, 4.69) is 17.2 Å². The zero-order chi connectivity index (χ0) is 14.2. The fourth-order valence-corrected chi connectivity index (χ4v) is 2.92. The molecule has 1 unspecified atom stereocenters. The van der Waals surface area contributed by atoms with Crippen molar-refractivity contribution in [2.24, 2.45) is 23.5 Å². The molecule has 0 radical (unpaired) electrons. The second-order valence-electron chi connectivity index (χ2n) is 5.35. The molecule has 112 valence electrons. The summed E-state index contributed by atoms with van der Waals surface area (Å²) in [6.45, 7) is 2.48. The van der Waals surface area contributed by atoms with Crippen LogP contribution in [0, 0.1) is 29.6 Å². The molecule has 2 aliphatic rings. The van der Waals surface area contributed by atoms with Gasteiger partial charge in [-0.1, -0.05) is 0 Å². The molecular weight excluding hydrogens is 256 g/mol. The lowest BCUT2D eigenvalue weighted by Gasteiger charge is -2.07. The molecule has 5 nitrogen and oxygen atoms in total. The van der Waals surface area contributed by atoms with Crippen LogP contribution >= 0.6 is 0 Å². The standard InChI is InChI=1S/C15H24N2O3/c16-7-9-19-10-8-17-15(18)20-11-14-12-5-3-1-2-4-6-13(12)14/h12-14H,3-11,16H2,(H,17,18)/t12-,13+,14?. The number of carbonyl (C=O) groups is 1. The average Bonchev–Trinajstić information content (AvgIpc) is 3.06. The van der Waals surface area contributed by atoms with Gasteiger partial charge in [0.1, 0.15) is 0 Å². The molecule has 20 heavy (non-hydrogen) atoms. The fourth-order valence-electron chi connectivity index (χ4n) is 2.92. The van der Waals surface area contributed by atoms with E-state index in [9.17, 15) is 4.79 Å². The van der Waals surface area contributed by atoms with Gasteiger partial charge in [0.2, 0.25) is 0 Å². The van der Waals surface area contributed by atoms with Gasteiger partial charge < -0.3 is 20.5 Å². The molecule has 3 atom stereocenters. The molecule has 0 bridgehead atoms. The maximum Gasteiger partial charge on any atom is 0.407 e. The highest BCUT2D eigenvalue weighted by molar-refractivity contribution is 5.67. The summed E-state index contributed by atoms with van der Waals surface area (Å²) in [5.74, 6) is 8.33. The molecule has 3 N–H and O–H groups in total. The molecule has 0 saturated heterocycles. The highest BCUT2D eigenvalue weighted by atomic mass is 16.5. The summed E-state index contributed by atoms with van der Waals surface area (Å²) in [5, 5.41) is 2.68. The van der Waals surface area contributed by atoms with Crippen molar-refractivity contribution in [2.45, 2.75) is 25.7 Å². The van der Waals surface area contributed by atoms with Crippen molar-refractivity contribution in [2.75, 3.05) is 32.9 Å². The lowest BCUT2D eigenvalue weighted by Crippen LogP contribution is -2.29. The first-order valence-electron chi connectivity index (χ1n) is 7.47. The Labute approximate surface area is 120 Å². The van der Waals surface area contributed by atoms with E-state index >= 15 is 0 Å². The van der Waals surface area contributed by atoms with Gasteiger partial charge in [0.25, 0.3) is 0 Å². The molecular formula is C15H24N2O3. The summed E-state index contributed by atoms with van der Waals surface area (Å²) in [6, 6.07) is 0. The maximum absolute atomic E-state index is 11.5. The van der Waals surface area contributed by atoms with Gasteiger partial charge in [-0.2, -0.15) is 0 Å². The minimum atomic E-state index is -0.350. The van der Waals surface area contributed by atoms with E-state index in [0.717, 1.165) is 25.7 Å². The molecule has 1 saturated carbocycles. The first kappa shape index (κ1) is 15.1. The number of nitrogens with two attached hydrogens (primary N) is 1. The Morgan fingerprint density at radius 2 is 1.90 bits per heavy atom. The molecule has 1 fully saturated rings. The van der Waals surface area contributed by atoms with Crippen LogP contribution in [-0.2, 0) is 9.47 Å². The second kappa shape index (κ2) is 8.13. The van der Waals surface area contributed by atoms with E-state index in [0.29, 0.717) is 50.7 Å². The maximum atomic E-state index is 11.5. The highest BCUT2D eigenvalue weighted by Crippen LogP contribution is 2.52. The van der Waals surface area contributed by atoms with Crippen LogP contribution < -0.4 is 11.1 Å². The minimum absolute atomic E-state index is 0.350. The molecule has 2 rings (SSSR count). The number of amides is 1. The second-order valence-corrected chi connectivity index (χ2v) is 5.35. The summed E-state index contributed by atoms with van der Waals surface area (Å²) in [7, 11) is 0. The van der Waals surface area contributed by atoms with Crippen LogP contribution in [0.1, 0.15) is 25.7 Å². The number of carbonyl (C=O) groups excluding carboxylic acids is 1. The number of fused-ring (bicyclic) bond motifs is 1. The normalized spacial score (nSPS) is 27.4. The van der Waals surface area contributed by atoms with Crippen LogP contribution in [0.25, 0.3) is 0 Å². The summed E-state index contributed by atoms with van der Waals surface area (Å²) < 4.78 is 10.4. The first-order chi connectivity index (χ1) is 9.83. The SMILES string of the molecule is NCCOCCNC(=O)OCC1[C@H]2CCC#CCC[C@@H]12. The number of hydrogen-bond donors (Lipinski definition) is 2. The summed E-state index contributed by atoms with van der Waals surface area (Å²) in [6.07, 6.45) is 3.93. The number of nitrogens with one attached hydrogen (secondary N) is 1. The lowest BCUT2D eigenvalue weighted by molar-refractivity contribution is 0.121. The largest absolute Gasteiger partial charge is 0.449 e. The van der Waals surface area contributed by atoms with Gasteiger partial charge in [0.15, 0.2) is 0 Å². The van der Waals surface area contributed by atoms with Crippen LogP contribution in [0.5, 0.6) is 0 Å². The predicted molar refractivity (Wildman–Crippen MR) is 75.9 cm³/mol. The minimum Gasteiger partial charge on any atom is -0.449 e. The van der Waals surface area contributed by atoms with Crippen molar-refractivity contribution in [3.05, 3.63) is 0 Å². The first-order valence-corrected chi connectivity index (χ1v) is 7.47. The number of rotatable bonds is 7. The van der Waals surface area contributed by atoms with Gasteiger partial charge in [0, 0.05) is 25.9 Å². The van der Waals surface area contributed by atoms with E-state index in [1.807, 2.05) is 0 Å². The lowest BCUT2D eigenvalue weighted by atomic mass is 10.1. The summed E-state index contributed by atoms with van der Waals surface area (Å²) in [4.78, 5) is 11.5. The van der Waals surface area contributed by atoms with Crippen LogP contribution in [0.2, 0.25) is 0 Å². The molecule has 0 aromatic carbocycles. The molecule has 0 spiro atoms. The van der Waals surface area contributed by atoms with E-state index in [-0.39, 0.29) is 6.09 Å². The van der Waals surface area contributed by atoms with Crippen molar-refractivity contribution in [1.82, 2.24) is 5.32 Å². The number of ether oxygens (including phenoxy) is 2. The van der Waals surface area contributed by atoms with Crippen LogP contribution in [0.15, 0.2) is 0 Å². The molecule has 0 heterocycles. The van der Waals surface area contributed by atoms with Crippen molar-refractivity contribution in [3.8, 4) is 11.8 Å². The molecule has 0 aromatic rings. The van der Waals surface area contributed by atoms with Gasteiger partial charge in [-0.3, -0.25) is 0 Å². The van der Waals surface area contributed by atoms with Gasteiger partial charge in [0.05, 0.1) is 19.8 Å². The van der Waals surface area contributed by atoms with Crippen LogP contribution in [0.3, 0.4) is 0 Å². The summed E-state index contributed by atoms with van der Waals surface area (Å²) in [5.41, 5.74) is 5.29. The zero-order valence-corrected chi connectivity index (χ0v) is 11.9. The monoisotopic (exact) mass is 280 g/mol. The predicted octanol–water partition coefficient (Wildman–Crippen LogP) is 1.13. The van der Waals surface area contributed by atoms with E-state index in [1.165, 1.54) is 0 Å². The molecule has 0 aliphatic heterocycles. The van der Waals surface area contributed by atoms with Crippen LogP contribution in [0.4, 0.5) is 4.79 Å². The molecule has 0 aromatic heterocycles. The van der Waals surface area contributed by atoms with Gasteiger partial charge in [-0.25, -0.2) is 4.79 Å². The third kappa shape index (κ3) is 4.69. The molecule has 1 amide bonds. The van der Waals surface area contributed by atoms with E-state index < -0.39 is 0 Å². The smallest absolute Gasteiger partial charge is 0.407 e. The van der Waals surface area contributed by atoms with E-state index in [4.69, 9.17) is 15.2 Å². The highest BCUT2D eigenvalue weighted by Gasteiger charge is 2.49. The van der Waals surface area contributed by atoms with Gasteiger partial charge in [-0.05, 0) is 30.6 Å². The van der Waals surface area contributed by atoms with Gasteiger partial charge >= 0.3 is 6.09 Å². The van der Waals surface area contributed by atoms with Crippen molar-refractivity contribution >= 4 is 6.09 Å². The summed E-state index contributed by atoms with van der Waals surface area (Å²) >= 11 is 0. The third-order valence-corrected chi connectivity index (χ3v) is 4.02. The third-order valence-electron chi connectivity index (χ3n) is 4.02. The van der Waals surface area contributed by atoms with E-state index in [1.54, 1.807) is 0 Å². The Balaban J connectivity index is 1.54. The Kier molecular flexibility index (Phi) is 6.16. The zero-order valence-electron chi connectivity index (χ0n) is 11.9. The average molecular weight is 280 g/mol. The van der Waals surface area contributed by atoms with Crippen molar-refractivity contribution < 1.29 is 14.3 Å². The topological polar surface area (TPSA) is 73.6 Å². The Morgan fingerprint density at radius 3 is 2.55 bits per heavy atom. The quantitative estimate of drug-likeness (QED) is 0.541. The Bertz CT molecular complexity index is 357. The van der Waals surface area contributed by atoms with Gasteiger partial charge in [-0.15, -0.1) is 11.8 Å². The Hall–Kier alpha value is -1.25. The molecule has 2 aliphatic carbocycles. The van der Waals surface area contributed by atoms with Crippen LogP contribution in [-0.4, -0.2) is 39.0 Å². The molecule has 5 heteroatoms. The fraction of sp³-hybridized carbons (Fsp3) is 0.800.